The zero-order valence-electron chi connectivity index (χ0n) is 16.8. The minimum Gasteiger partial charge on any atom is -0.508 e. The Kier molecular flexibility index (Phi) is 6.10. The van der Waals surface area contributed by atoms with Gasteiger partial charge in [-0.3, -0.25) is 4.90 Å². The molecule has 1 aliphatic heterocycles. The molecule has 1 aromatic heterocycles. The molecule has 152 valence electrons. The van der Waals surface area contributed by atoms with E-state index in [4.69, 9.17) is 9.26 Å². The van der Waals surface area contributed by atoms with Gasteiger partial charge in [0.1, 0.15) is 11.5 Å². The van der Waals surface area contributed by atoms with Gasteiger partial charge >= 0.3 is 0 Å². The predicted octanol–water partition coefficient (Wildman–Crippen LogP) is 4.43. The highest BCUT2D eigenvalue weighted by Gasteiger charge is 2.28. The van der Waals surface area contributed by atoms with Crippen molar-refractivity contribution in [3.05, 3.63) is 71.4 Å². The van der Waals surface area contributed by atoms with Crippen LogP contribution in [0.25, 0.3) is 0 Å². The van der Waals surface area contributed by atoms with Gasteiger partial charge in [-0.1, -0.05) is 35.8 Å². The summed E-state index contributed by atoms with van der Waals surface area (Å²) >= 11 is 0. The Balaban J connectivity index is 1.36. The topological polar surface area (TPSA) is 71.6 Å². The van der Waals surface area contributed by atoms with Gasteiger partial charge in [0.15, 0.2) is 5.82 Å². The Bertz CT molecular complexity index is 923. The van der Waals surface area contributed by atoms with Gasteiger partial charge in [0.2, 0.25) is 5.89 Å². The number of ether oxygens (including phenoxy) is 1. The van der Waals surface area contributed by atoms with E-state index in [1.165, 1.54) is 17.5 Å². The van der Waals surface area contributed by atoms with Crippen molar-refractivity contribution in [2.45, 2.75) is 45.2 Å². The Hall–Kier alpha value is -2.86. The molecule has 0 amide bonds. The first-order chi connectivity index (χ1) is 14.2. The Morgan fingerprint density at radius 2 is 2.03 bits per heavy atom. The van der Waals surface area contributed by atoms with Gasteiger partial charge in [0.25, 0.3) is 0 Å². The molecule has 0 bridgehead atoms. The van der Waals surface area contributed by atoms with Gasteiger partial charge in [-0.05, 0) is 61.7 Å². The van der Waals surface area contributed by atoms with E-state index in [0.29, 0.717) is 30.5 Å². The third-order valence-corrected chi connectivity index (χ3v) is 5.29. The summed E-state index contributed by atoms with van der Waals surface area (Å²) in [6.07, 6.45) is 3.95. The van der Waals surface area contributed by atoms with Crippen molar-refractivity contribution < 1.29 is 14.4 Å². The molecule has 0 aliphatic carbocycles. The molecule has 1 unspecified atom stereocenters. The van der Waals surface area contributed by atoms with Crippen molar-refractivity contribution in [3.8, 4) is 11.5 Å². The van der Waals surface area contributed by atoms with Crippen molar-refractivity contribution in [3.63, 3.8) is 0 Å². The fourth-order valence-electron chi connectivity index (χ4n) is 3.77. The summed E-state index contributed by atoms with van der Waals surface area (Å²) in [7, 11) is 0. The van der Waals surface area contributed by atoms with E-state index in [9.17, 15) is 5.11 Å². The van der Waals surface area contributed by atoms with Crippen LogP contribution in [0.2, 0.25) is 0 Å². The maximum Gasteiger partial charge on any atom is 0.244 e. The van der Waals surface area contributed by atoms with Crippen molar-refractivity contribution in [1.29, 1.82) is 0 Å². The molecule has 29 heavy (non-hydrogen) atoms. The molecule has 4 rings (SSSR count). The molecule has 2 heterocycles. The van der Waals surface area contributed by atoms with E-state index in [-0.39, 0.29) is 6.04 Å². The van der Waals surface area contributed by atoms with Crippen LogP contribution in [0.15, 0.2) is 53.1 Å². The fraction of sp³-hybridized carbons (Fsp3) is 0.391. The standard InChI is InChI=1S/C23H27N3O3/c1-17-5-4-6-20(15-17)28-14-12-22-24-23(29-25-22)21-7-2-3-13-26(21)16-18-8-10-19(27)11-9-18/h4-6,8-11,15,21,27H,2-3,7,12-14,16H2,1H3. The van der Waals surface area contributed by atoms with Crippen LogP contribution >= 0.6 is 0 Å². The minimum absolute atomic E-state index is 0.136. The van der Waals surface area contributed by atoms with Crippen LogP contribution in [0.4, 0.5) is 0 Å². The lowest BCUT2D eigenvalue weighted by Crippen LogP contribution is -2.33. The summed E-state index contributed by atoms with van der Waals surface area (Å²) in [6, 6.07) is 15.5. The van der Waals surface area contributed by atoms with E-state index in [1.807, 2.05) is 43.3 Å². The number of phenolic OH excluding ortho intramolecular Hbond substituents is 1. The van der Waals surface area contributed by atoms with Crippen LogP contribution in [-0.2, 0) is 13.0 Å². The smallest absolute Gasteiger partial charge is 0.244 e. The van der Waals surface area contributed by atoms with Crippen molar-refractivity contribution in [1.82, 2.24) is 15.0 Å². The molecule has 1 saturated heterocycles. The summed E-state index contributed by atoms with van der Waals surface area (Å²) in [5, 5.41) is 13.7. The van der Waals surface area contributed by atoms with E-state index in [2.05, 4.69) is 15.0 Å². The highest BCUT2D eigenvalue weighted by molar-refractivity contribution is 5.27. The number of rotatable bonds is 7. The molecule has 6 heteroatoms. The molecular formula is C23H27N3O3. The highest BCUT2D eigenvalue weighted by atomic mass is 16.5. The SMILES string of the molecule is Cc1cccc(OCCc2noc(C3CCCCN3Cc3ccc(O)cc3)n2)c1. The summed E-state index contributed by atoms with van der Waals surface area (Å²) in [6.45, 7) is 4.37. The van der Waals surface area contributed by atoms with Crippen LogP contribution in [0.3, 0.4) is 0 Å². The van der Waals surface area contributed by atoms with E-state index in [0.717, 1.165) is 31.7 Å². The normalized spacial score (nSPS) is 17.3. The van der Waals surface area contributed by atoms with E-state index >= 15 is 0 Å². The highest BCUT2D eigenvalue weighted by Crippen LogP contribution is 2.31. The first-order valence-corrected chi connectivity index (χ1v) is 10.2. The third kappa shape index (κ3) is 5.15. The Morgan fingerprint density at radius 3 is 2.86 bits per heavy atom. The number of aromatic hydroxyl groups is 1. The molecule has 2 aromatic carbocycles. The van der Waals surface area contributed by atoms with E-state index < -0.39 is 0 Å². The van der Waals surface area contributed by atoms with Gasteiger partial charge in [-0.15, -0.1) is 0 Å². The van der Waals surface area contributed by atoms with Gasteiger partial charge < -0.3 is 14.4 Å². The van der Waals surface area contributed by atoms with Crippen molar-refractivity contribution in [2.24, 2.45) is 0 Å². The quantitative estimate of drug-likeness (QED) is 0.640. The number of piperidine rings is 1. The zero-order chi connectivity index (χ0) is 20.1. The Labute approximate surface area is 171 Å². The minimum atomic E-state index is 0.136. The lowest BCUT2D eigenvalue weighted by atomic mass is 10.0. The van der Waals surface area contributed by atoms with Crippen LogP contribution < -0.4 is 4.74 Å². The first kappa shape index (κ1) is 19.5. The molecular weight excluding hydrogens is 366 g/mol. The predicted molar refractivity (Wildman–Crippen MR) is 110 cm³/mol. The average Bonchev–Trinajstić information content (AvgIpc) is 3.19. The number of hydrogen-bond acceptors (Lipinski definition) is 6. The lowest BCUT2D eigenvalue weighted by Gasteiger charge is -2.33. The molecule has 0 saturated carbocycles. The maximum atomic E-state index is 9.50. The van der Waals surface area contributed by atoms with Crippen molar-refractivity contribution in [2.75, 3.05) is 13.2 Å². The first-order valence-electron chi connectivity index (χ1n) is 10.2. The molecule has 1 N–H and O–H groups in total. The summed E-state index contributed by atoms with van der Waals surface area (Å²) in [5.74, 6) is 2.52. The number of nitrogens with zero attached hydrogens (tertiary/aromatic N) is 3. The van der Waals surface area contributed by atoms with Crippen molar-refractivity contribution >= 4 is 0 Å². The van der Waals surface area contributed by atoms with Crippen LogP contribution in [0, 0.1) is 6.92 Å². The maximum absolute atomic E-state index is 9.50. The molecule has 1 atom stereocenters. The second kappa shape index (κ2) is 9.09. The van der Waals surface area contributed by atoms with E-state index in [1.54, 1.807) is 12.1 Å². The number of phenols is 1. The summed E-state index contributed by atoms with van der Waals surface area (Å²) < 4.78 is 11.4. The van der Waals surface area contributed by atoms with Crippen LogP contribution in [-0.4, -0.2) is 33.3 Å². The van der Waals surface area contributed by atoms with Gasteiger partial charge in [0.05, 0.1) is 12.6 Å². The summed E-state index contributed by atoms with van der Waals surface area (Å²) in [5.41, 5.74) is 2.34. The largest absolute Gasteiger partial charge is 0.508 e. The van der Waals surface area contributed by atoms with Gasteiger partial charge in [-0.25, -0.2) is 0 Å². The molecule has 1 fully saturated rings. The molecule has 6 nitrogen and oxygen atoms in total. The van der Waals surface area contributed by atoms with Crippen LogP contribution in [0.5, 0.6) is 11.5 Å². The van der Waals surface area contributed by atoms with Gasteiger partial charge in [-0.2, -0.15) is 4.98 Å². The second-order valence-corrected chi connectivity index (χ2v) is 7.61. The number of aromatic nitrogens is 2. The number of hydrogen-bond donors (Lipinski definition) is 1. The molecule has 0 radical (unpaired) electrons. The average molecular weight is 393 g/mol. The number of likely N-dealkylation sites (tertiary alicyclic amines) is 1. The molecule has 1 aliphatic rings. The Morgan fingerprint density at radius 1 is 1.17 bits per heavy atom. The zero-order valence-corrected chi connectivity index (χ0v) is 16.8. The summed E-state index contributed by atoms with van der Waals surface area (Å²) in [4.78, 5) is 7.03. The van der Waals surface area contributed by atoms with Gasteiger partial charge in [0, 0.05) is 13.0 Å². The van der Waals surface area contributed by atoms with Crippen LogP contribution in [0.1, 0.15) is 48.1 Å². The molecule has 3 aromatic rings. The number of benzene rings is 2. The second-order valence-electron chi connectivity index (χ2n) is 7.61. The monoisotopic (exact) mass is 393 g/mol. The lowest BCUT2D eigenvalue weighted by molar-refractivity contribution is 0.111. The number of aryl methyl sites for hydroxylation is 1. The third-order valence-electron chi connectivity index (χ3n) is 5.29. The fourth-order valence-corrected chi connectivity index (χ4v) is 3.77. The molecule has 0 spiro atoms.